The number of aliphatic hydroxyl groups excluding tert-OH is 1. The van der Waals surface area contributed by atoms with Gasteiger partial charge in [0.15, 0.2) is 0 Å². The standard InChI is InChI=1S/C16H22BrNO/c17-14-10-12(11-19)7-8-16(14)18-9-3-6-15(18)13-4-1-2-5-13/h7-8,10,13,15,19H,1-6,9,11H2. The Balaban J connectivity index is 1.83. The Morgan fingerprint density at radius 2 is 1.95 bits per heavy atom. The molecule has 0 bridgehead atoms. The molecule has 0 aromatic heterocycles. The number of halogens is 1. The van der Waals surface area contributed by atoms with E-state index in [9.17, 15) is 5.11 Å². The zero-order valence-corrected chi connectivity index (χ0v) is 12.9. The summed E-state index contributed by atoms with van der Waals surface area (Å²) in [7, 11) is 0. The summed E-state index contributed by atoms with van der Waals surface area (Å²) in [4.78, 5) is 2.60. The summed E-state index contributed by atoms with van der Waals surface area (Å²) in [6.07, 6.45) is 8.31. The summed E-state index contributed by atoms with van der Waals surface area (Å²) in [6, 6.07) is 7.01. The average molecular weight is 324 g/mol. The van der Waals surface area contributed by atoms with Crippen molar-refractivity contribution in [2.24, 2.45) is 5.92 Å². The monoisotopic (exact) mass is 323 g/mol. The molecule has 1 atom stereocenters. The summed E-state index contributed by atoms with van der Waals surface area (Å²) in [5.41, 5.74) is 2.29. The number of benzene rings is 1. The second kappa shape index (κ2) is 5.84. The van der Waals surface area contributed by atoms with Crippen LogP contribution in [0, 0.1) is 5.92 Å². The van der Waals surface area contributed by atoms with Crippen molar-refractivity contribution in [3.63, 3.8) is 0 Å². The molecule has 0 radical (unpaired) electrons. The molecule has 104 valence electrons. The number of anilines is 1. The molecule has 1 aliphatic heterocycles. The van der Waals surface area contributed by atoms with Crippen molar-refractivity contribution in [1.29, 1.82) is 0 Å². The molecular weight excluding hydrogens is 302 g/mol. The van der Waals surface area contributed by atoms with Gasteiger partial charge in [-0.05, 0) is 65.2 Å². The maximum absolute atomic E-state index is 9.21. The third-order valence-corrected chi connectivity index (χ3v) is 5.38. The first-order chi connectivity index (χ1) is 9.29. The van der Waals surface area contributed by atoms with Crippen LogP contribution in [0.5, 0.6) is 0 Å². The van der Waals surface area contributed by atoms with Gasteiger partial charge in [0, 0.05) is 17.1 Å². The predicted octanol–water partition coefficient (Wildman–Crippen LogP) is 4.10. The first-order valence-electron chi connectivity index (χ1n) is 7.45. The van der Waals surface area contributed by atoms with Crippen molar-refractivity contribution >= 4 is 21.6 Å². The van der Waals surface area contributed by atoms with Gasteiger partial charge in [0.2, 0.25) is 0 Å². The van der Waals surface area contributed by atoms with E-state index in [1.54, 1.807) is 0 Å². The molecule has 1 unspecified atom stereocenters. The molecule has 3 heteroatoms. The Hall–Kier alpha value is -0.540. The summed E-state index contributed by atoms with van der Waals surface area (Å²) in [5, 5.41) is 9.21. The van der Waals surface area contributed by atoms with Gasteiger partial charge in [-0.25, -0.2) is 0 Å². The number of nitrogens with zero attached hydrogens (tertiary/aromatic N) is 1. The van der Waals surface area contributed by atoms with E-state index < -0.39 is 0 Å². The SMILES string of the molecule is OCc1ccc(N2CCCC2C2CCCC2)c(Br)c1. The number of hydrogen-bond donors (Lipinski definition) is 1. The Kier molecular flexibility index (Phi) is 4.13. The highest BCUT2D eigenvalue weighted by Gasteiger charge is 2.33. The van der Waals surface area contributed by atoms with Crippen molar-refractivity contribution in [3.8, 4) is 0 Å². The van der Waals surface area contributed by atoms with Crippen LogP contribution in [-0.2, 0) is 6.61 Å². The van der Waals surface area contributed by atoms with E-state index in [1.807, 2.05) is 6.07 Å². The van der Waals surface area contributed by atoms with Crippen molar-refractivity contribution in [2.45, 2.75) is 51.2 Å². The van der Waals surface area contributed by atoms with E-state index in [0.717, 1.165) is 22.0 Å². The quantitative estimate of drug-likeness (QED) is 0.905. The molecule has 2 nitrogen and oxygen atoms in total. The van der Waals surface area contributed by atoms with E-state index in [0.29, 0.717) is 0 Å². The topological polar surface area (TPSA) is 23.5 Å². The van der Waals surface area contributed by atoms with Crippen molar-refractivity contribution in [1.82, 2.24) is 0 Å². The lowest BCUT2D eigenvalue weighted by atomic mass is 9.95. The summed E-state index contributed by atoms with van der Waals surface area (Å²) in [5.74, 6) is 0.895. The highest BCUT2D eigenvalue weighted by atomic mass is 79.9. The van der Waals surface area contributed by atoms with Gasteiger partial charge < -0.3 is 10.0 Å². The van der Waals surface area contributed by atoms with Gasteiger partial charge in [-0.2, -0.15) is 0 Å². The molecule has 1 saturated carbocycles. The molecule has 1 saturated heterocycles. The zero-order chi connectivity index (χ0) is 13.2. The fourth-order valence-electron chi connectivity index (χ4n) is 3.81. The fraction of sp³-hybridized carbons (Fsp3) is 0.625. The van der Waals surface area contributed by atoms with Gasteiger partial charge in [-0.15, -0.1) is 0 Å². The number of hydrogen-bond acceptors (Lipinski definition) is 2. The molecular formula is C16H22BrNO. The van der Waals surface area contributed by atoms with Crippen LogP contribution in [0.4, 0.5) is 5.69 Å². The second-order valence-corrected chi connectivity index (χ2v) is 6.75. The van der Waals surface area contributed by atoms with Crippen LogP contribution in [0.25, 0.3) is 0 Å². The maximum Gasteiger partial charge on any atom is 0.0682 e. The molecule has 2 fully saturated rings. The molecule has 3 rings (SSSR count). The largest absolute Gasteiger partial charge is 0.392 e. The average Bonchev–Trinajstić information content (AvgIpc) is 3.08. The van der Waals surface area contributed by atoms with E-state index in [4.69, 9.17) is 0 Å². The van der Waals surface area contributed by atoms with Crippen LogP contribution in [0.2, 0.25) is 0 Å². The minimum absolute atomic E-state index is 0.116. The lowest BCUT2D eigenvalue weighted by Gasteiger charge is -2.32. The third kappa shape index (κ3) is 2.68. The number of rotatable bonds is 3. The van der Waals surface area contributed by atoms with Crippen LogP contribution in [0.1, 0.15) is 44.1 Å². The molecule has 1 aliphatic carbocycles. The normalized spacial score (nSPS) is 24.3. The van der Waals surface area contributed by atoms with E-state index in [1.165, 1.54) is 50.8 Å². The molecule has 1 aromatic carbocycles. The molecule has 1 N–H and O–H groups in total. The van der Waals surface area contributed by atoms with Gasteiger partial charge in [-0.3, -0.25) is 0 Å². The minimum Gasteiger partial charge on any atom is -0.392 e. The predicted molar refractivity (Wildman–Crippen MR) is 82.4 cm³/mol. The Morgan fingerprint density at radius 3 is 2.63 bits per heavy atom. The molecule has 0 spiro atoms. The van der Waals surface area contributed by atoms with Crippen molar-refractivity contribution in [3.05, 3.63) is 28.2 Å². The van der Waals surface area contributed by atoms with Crippen LogP contribution in [-0.4, -0.2) is 17.7 Å². The highest BCUT2D eigenvalue weighted by Crippen LogP contribution is 2.40. The fourth-order valence-corrected chi connectivity index (χ4v) is 4.46. The van der Waals surface area contributed by atoms with E-state index in [-0.39, 0.29) is 6.61 Å². The van der Waals surface area contributed by atoms with Crippen molar-refractivity contribution in [2.75, 3.05) is 11.4 Å². The summed E-state index contributed by atoms with van der Waals surface area (Å²) < 4.78 is 1.13. The minimum atomic E-state index is 0.116. The van der Waals surface area contributed by atoms with E-state index >= 15 is 0 Å². The molecule has 2 aliphatic rings. The van der Waals surface area contributed by atoms with Crippen LogP contribution in [0.3, 0.4) is 0 Å². The Bertz CT molecular complexity index is 442. The van der Waals surface area contributed by atoms with E-state index in [2.05, 4.69) is 33.0 Å². The first kappa shape index (κ1) is 13.4. The maximum atomic E-state index is 9.21. The Labute approximate surface area is 123 Å². The third-order valence-electron chi connectivity index (χ3n) is 4.75. The van der Waals surface area contributed by atoms with Gasteiger partial charge in [0.05, 0.1) is 12.3 Å². The second-order valence-electron chi connectivity index (χ2n) is 5.89. The van der Waals surface area contributed by atoms with Crippen LogP contribution < -0.4 is 4.90 Å². The molecule has 1 aromatic rings. The number of aliphatic hydroxyl groups is 1. The summed E-state index contributed by atoms with van der Waals surface area (Å²) in [6.45, 7) is 1.29. The van der Waals surface area contributed by atoms with Gasteiger partial charge in [0.1, 0.15) is 0 Å². The summed E-state index contributed by atoms with van der Waals surface area (Å²) >= 11 is 3.68. The Morgan fingerprint density at radius 1 is 1.16 bits per heavy atom. The smallest absolute Gasteiger partial charge is 0.0682 e. The lowest BCUT2D eigenvalue weighted by Crippen LogP contribution is -2.34. The van der Waals surface area contributed by atoms with Gasteiger partial charge >= 0.3 is 0 Å². The highest BCUT2D eigenvalue weighted by molar-refractivity contribution is 9.10. The molecule has 1 heterocycles. The first-order valence-corrected chi connectivity index (χ1v) is 8.25. The molecule has 19 heavy (non-hydrogen) atoms. The zero-order valence-electron chi connectivity index (χ0n) is 11.3. The van der Waals surface area contributed by atoms with Crippen LogP contribution >= 0.6 is 15.9 Å². The van der Waals surface area contributed by atoms with Gasteiger partial charge in [-0.1, -0.05) is 18.9 Å². The lowest BCUT2D eigenvalue weighted by molar-refractivity contribution is 0.282. The van der Waals surface area contributed by atoms with Crippen molar-refractivity contribution < 1.29 is 5.11 Å². The van der Waals surface area contributed by atoms with Gasteiger partial charge in [0.25, 0.3) is 0 Å². The van der Waals surface area contributed by atoms with Crippen LogP contribution in [0.15, 0.2) is 22.7 Å². The molecule has 0 amide bonds.